The molecule has 1 saturated heterocycles. The topological polar surface area (TPSA) is 90.5 Å². The lowest BCUT2D eigenvalue weighted by Crippen LogP contribution is -2.52. The molecule has 1 aliphatic heterocycles. The number of halogens is 1. The minimum atomic E-state index is -1.17. The van der Waals surface area contributed by atoms with Crippen LogP contribution in [0.5, 0.6) is 0 Å². The van der Waals surface area contributed by atoms with E-state index in [1.54, 1.807) is 11.3 Å². The maximum absolute atomic E-state index is 13.3. The first-order valence-corrected chi connectivity index (χ1v) is 12.1. The van der Waals surface area contributed by atoms with Gasteiger partial charge in [0.05, 0.1) is 32.6 Å². The zero-order valence-corrected chi connectivity index (χ0v) is 20.0. The number of nitrogens with zero attached hydrogens (tertiary/aromatic N) is 2. The van der Waals surface area contributed by atoms with Gasteiger partial charge in [-0.05, 0) is 65.1 Å². The summed E-state index contributed by atoms with van der Waals surface area (Å²) >= 11 is 5.48. The van der Waals surface area contributed by atoms with Crippen LogP contribution < -0.4 is 5.32 Å². The molecule has 9 heteroatoms. The van der Waals surface area contributed by atoms with Crippen molar-refractivity contribution in [2.45, 2.75) is 64.4 Å². The summed E-state index contributed by atoms with van der Waals surface area (Å²) < 4.78 is 6.12. The predicted octanol–water partition coefficient (Wildman–Crippen LogP) is 3.59. The average Bonchev–Trinajstić information content (AvgIpc) is 3.49. The molecule has 30 heavy (non-hydrogen) atoms. The van der Waals surface area contributed by atoms with Crippen LogP contribution >= 0.6 is 27.3 Å². The van der Waals surface area contributed by atoms with Gasteiger partial charge in [-0.15, -0.1) is 11.3 Å². The highest BCUT2D eigenvalue weighted by Crippen LogP contribution is 2.44. The number of carbonyl (C=O) groups excluding carboxylic acids is 1. The first kappa shape index (κ1) is 22.0. The standard InChI is InChI=1S/C21H29BrN4O3S/c1-11(2)16(25-21(28)29-3)20(27)26-9-5-8-15(26)19-23-10-14(24-19)17-12-6-4-7-13(12)18(22)30-17/h10-11,15-16,21,25,28H,4-9H2,1-3H3,(H,23,24)/t15-,16-,21?/m0/s1. The van der Waals surface area contributed by atoms with Crippen molar-refractivity contribution >= 4 is 33.2 Å². The van der Waals surface area contributed by atoms with Crippen molar-refractivity contribution in [3.05, 3.63) is 26.9 Å². The molecule has 1 aliphatic carbocycles. The molecule has 3 heterocycles. The molecular weight excluding hydrogens is 468 g/mol. The molecule has 1 fully saturated rings. The molecule has 4 rings (SSSR count). The lowest BCUT2D eigenvalue weighted by molar-refractivity contribution is -0.145. The van der Waals surface area contributed by atoms with E-state index in [0.717, 1.165) is 37.2 Å². The summed E-state index contributed by atoms with van der Waals surface area (Å²) in [6, 6.07) is -0.600. The number of methoxy groups -OCH3 is 1. The number of hydrogen-bond acceptors (Lipinski definition) is 6. The van der Waals surface area contributed by atoms with Crippen LogP contribution in [0, 0.1) is 5.92 Å². The molecule has 0 bridgehead atoms. The summed E-state index contributed by atoms with van der Waals surface area (Å²) in [5, 5.41) is 12.7. The van der Waals surface area contributed by atoms with Crippen LogP contribution in [0.2, 0.25) is 0 Å². The van der Waals surface area contributed by atoms with Gasteiger partial charge in [0.2, 0.25) is 12.3 Å². The van der Waals surface area contributed by atoms with E-state index in [1.165, 1.54) is 33.3 Å². The number of hydrogen-bond donors (Lipinski definition) is 3. The molecule has 0 aromatic carbocycles. The molecule has 0 spiro atoms. The Kier molecular flexibility index (Phi) is 6.64. The number of aliphatic hydroxyl groups is 1. The molecule has 0 radical (unpaired) electrons. The molecule has 3 N–H and O–H groups in total. The van der Waals surface area contributed by atoms with Crippen molar-refractivity contribution < 1.29 is 14.6 Å². The maximum Gasteiger partial charge on any atom is 0.240 e. The number of aromatic amines is 1. The lowest BCUT2D eigenvalue weighted by atomic mass is 10.0. The minimum Gasteiger partial charge on any atom is -0.356 e. The number of aromatic nitrogens is 2. The SMILES string of the molecule is COC(O)N[C@H](C(=O)N1CCC[C@H]1c1ncc(-c2sc(Br)c3c2CCC3)[nH]1)C(C)C. The quantitative estimate of drug-likeness (QED) is 0.509. The number of aliphatic hydroxyl groups excluding tert-OH is 1. The third-order valence-electron chi connectivity index (χ3n) is 6.09. The van der Waals surface area contributed by atoms with E-state index < -0.39 is 12.5 Å². The number of carbonyl (C=O) groups is 1. The van der Waals surface area contributed by atoms with Crippen molar-refractivity contribution in [3.63, 3.8) is 0 Å². The van der Waals surface area contributed by atoms with E-state index in [-0.39, 0.29) is 17.9 Å². The van der Waals surface area contributed by atoms with Gasteiger partial charge in [-0.3, -0.25) is 10.1 Å². The van der Waals surface area contributed by atoms with Crippen LogP contribution in [-0.4, -0.2) is 52.0 Å². The number of rotatable bonds is 7. The second-order valence-corrected chi connectivity index (χ2v) is 10.7. The van der Waals surface area contributed by atoms with Gasteiger partial charge in [0.25, 0.3) is 0 Å². The molecule has 7 nitrogen and oxygen atoms in total. The summed E-state index contributed by atoms with van der Waals surface area (Å²) in [5.74, 6) is 0.824. The summed E-state index contributed by atoms with van der Waals surface area (Å²) in [5.41, 5.74) is 3.90. The molecule has 0 saturated carbocycles. The highest BCUT2D eigenvalue weighted by molar-refractivity contribution is 9.11. The summed E-state index contributed by atoms with van der Waals surface area (Å²) in [7, 11) is 1.41. The molecule has 2 aromatic rings. The third kappa shape index (κ3) is 4.10. The van der Waals surface area contributed by atoms with Gasteiger partial charge in [0.15, 0.2) is 0 Å². The van der Waals surface area contributed by atoms with Gasteiger partial charge in [-0.1, -0.05) is 13.8 Å². The van der Waals surface area contributed by atoms with Crippen LogP contribution in [0.25, 0.3) is 10.6 Å². The molecule has 1 unspecified atom stereocenters. The number of nitrogens with one attached hydrogen (secondary N) is 2. The van der Waals surface area contributed by atoms with E-state index >= 15 is 0 Å². The van der Waals surface area contributed by atoms with E-state index in [2.05, 4.69) is 31.2 Å². The highest BCUT2D eigenvalue weighted by Gasteiger charge is 2.37. The Balaban J connectivity index is 1.56. The highest BCUT2D eigenvalue weighted by atomic mass is 79.9. The molecule has 2 aromatic heterocycles. The number of thiophene rings is 1. The Morgan fingerprint density at radius 3 is 2.90 bits per heavy atom. The fourth-order valence-corrected chi connectivity index (χ4v) is 6.54. The Labute approximate surface area is 189 Å². The van der Waals surface area contributed by atoms with Crippen LogP contribution in [0.15, 0.2) is 9.98 Å². The third-order valence-corrected chi connectivity index (χ3v) is 8.15. The first-order valence-electron chi connectivity index (χ1n) is 10.5. The van der Waals surface area contributed by atoms with Crippen LogP contribution in [-0.2, 0) is 22.4 Å². The summed E-state index contributed by atoms with van der Waals surface area (Å²) in [6.07, 6.45) is 5.99. The molecule has 2 aliphatic rings. The number of H-pyrrole nitrogens is 1. The summed E-state index contributed by atoms with van der Waals surface area (Å²) in [6.45, 7) is 4.61. The number of fused-ring (bicyclic) bond motifs is 1. The van der Waals surface area contributed by atoms with Gasteiger partial charge in [0.1, 0.15) is 5.82 Å². The van der Waals surface area contributed by atoms with Crippen molar-refractivity contribution in [1.29, 1.82) is 0 Å². The van der Waals surface area contributed by atoms with E-state index in [0.29, 0.717) is 6.54 Å². The zero-order chi connectivity index (χ0) is 21.4. The lowest BCUT2D eigenvalue weighted by Gasteiger charge is -2.31. The van der Waals surface area contributed by atoms with E-state index in [9.17, 15) is 9.90 Å². The number of imidazole rings is 1. The van der Waals surface area contributed by atoms with E-state index in [1.807, 2.05) is 24.9 Å². The second kappa shape index (κ2) is 9.08. The number of likely N-dealkylation sites (tertiary alicyclic amines) is 1. The van der Waals surface area contributed by atoms with Crippen molar-refractivity contribution in [2.75, 3.05) is 13.7 Å². The van der Waals surface area contributed by atoms with Crippen LogP contribution in [0.3, 0.4) is 0 Å². The van der Waals surface area contributed by atoms with Crippen LogP contribution in [0.1, 0.15) is 56.1 Å². The van der Waals surface area contributed by atoms with Gasteiger partial charge in [0, 0.05) is 13.7 Å². The van der Waals surface area contributed by atoms with Gasteiger partial charge < -0.3 is 19.7 Å². The smallest absolute Gasteiger partial charge is 0.240 e. The Hall–Kier alpha value is -1.26. The molecule has 3 atom stereocenters. The fourth-order valence-electron chi connectivity index (χ4n) is 4.53. The fraction of sp³-hybridized carbons (Fsp3) is 0.619. The Morgan fingerprint density at radius 1 is 1.40 bits per heavy atom. The minimum absolute atomic E-state index is 0.0155. The van der Waals surface area contributed by atoms with Crippen molar-refractivity contribution in [3.8, 4) is 10.6 Å². The monoisotopic (exact) mass is 496 g/mol. The first-order chi connectivity index (χ1) is 14.4. The Morgan fingerprint density at radius 2 is 2.17 bits per heavy atom. The average molecular weight is 497 g/mol. The number of amides is 1. The maximum atomic E-state index is 13.3. The second-order valence-electron chi connectivity index (χ2n) is 8.36. The predicted molar refractivity (Wildman–Crippen MR) is 120 cm³/mol. The molecule has 1 amide bonds. The molecular formula is C21H29BrN4O3S. The van der Waals surface area contributed by atoms with Gasteiger partial charge in [-0.2, -0.15) is 0 Å². The van der Waals surface area contributed by atoms with Crippen LogP contribution in [0.4, 0.5) is 0 Å². The Bertz CT molecular complexity index is 912. The van der Waals surface area contributed by atoms with Gasteiger partial charge >= 0.3 is 0 Å². The zero-order valence-electron chi connectivity index (χ0n) is 17.6. The van der Waals surface area contributed by atoms with Crippen molar-refractivity contribution in [1.82, 2.24) is 20.2 Å². The summed E-state index contributed by atoms with van der Waals surface area (Å²) in [4.78, 5) is 24.6. The van der Waals surface area contributed by atoms with E-state index in [4.69, 9.17) is 4.74 Å². The largest absolute Gasteiger partial charge is 0.356 e. The normalized spacial score (nSPS) is 20.7. The van der Waals surface area contributed by atoms with Crippen molar-refractivity contribution in [2.24, 2.45) is 5.92 Å². The van der Waals surface area contributed by atoms with Gasteiger partial charge in [-0.25, -0.2) is 4.98 Å². The number of ether oxygens (including phenoxy) is 1. The molecule has 164 valence electrons.